The van der Waals surface area contributed by atoms with Gasteiger partial charge in [0.25, 0.3) is 0 Å². The van der Waals surface area contributed by atoms with E-state index in [1.807, 2.05) is 18.2 Å². The summed E-state index contributed by atoms with van der Waals surface area (Å²) in [6, 6.07) is 9.09. The number of aryl methyl sites for hydroxylation is 1. The summed E-state index contributed by atoms with van der Waals surface area (Å²) in [4.78, 5) is 20.4. The fourth-order valence-electron chi connectivity index (χ4n) is 2.49. The molecule has 2 aromatic heterocycles. The molecule has 0 amide bonds. The van der Waals surface area contributed by atoms with Crippen molar-refractivity contribution in [3.05, 3.63) is 42.2 Å². The quantitative estimate of drug-likeness (QED) is 0.726. The number of rotatable bonds is 5. The van der Waals surface area contributed by atoms with Gasteiger partial charge in [-0.05, 0) is 19.1 Å². The third kappa shape index (κ3) is 2.88. The Balaban J connectivity index is 2.03. The van der Waals surface area contributed by atoms with Gasteiger partial charge in [0.05, 0.1) is 12.1 Å². The summed E-state index contributed by atoms with van der Waals surface area (Å²) in [6.45, 7) is 2.11. The van der Waals surface area contributed by atoms with E-state index >= 15 is 0 Å². The van der Waals surface area contributed by atoms with Crippen LogP contribution in [0.2, 0.25) is 0 Å². The Kier molecular flexibility index (Phi) is 4.33. The van der Waals surface area contributed by atoms with Crippen molar-refractivity contribution < 1.29 is 14.3 Å². The van der Waals surface area contributed by atoms with E-state index in [1.54, 1.807) is 43.9 Å². The van der Waals surface area contributed by atoms with E-state index in [9.17, 15) is 4.79 Å². The maximum Gasteiger partial charge on any atom is 0.354 e. The van der Waals surface area contributed by atoms with E-state index in [2.05, 4.69) is 15.3 Å². The summed E-state index contributed by atoms with van der Waals surface area (Å²) in [6.07, 6.45) is 1.61. The van der Waals surface area contributed by atoms with E-state index in [1.165, 1.54) is 0 Å². The van der Waals surface area contributed by atoms with E-state index in [0.717, 1.165) is 10.9 Å². The number of anilines is 1. The van der Waals surface area contributed by atoms with Gasteiger partial charge in [-0.3, -0.25) is 0 Å². The normalized spacial score (nSPS) is 10.6. The van der Waals surface area contributed by atoms with Crippen LogP contribution in [-0.2, 0) is 11.8 Å². The number of benzene rings is 1. The van der Waals surface area contributed by atoms with Crippen molar-refractivity contribution in [2.75, 3.05) is 19.0 Å². The number of ether oxygens (including phenoxy) is 2. The average molecular weight is 326 g/mol. The van der Waals surface area contributed by atoms with Crippen molar-refractivity contribution in [2.24, 2.45) is 7.05 Å². The van der Waals surface area contributed by atoms with Gasteiger partial charge < -0.3 is 19.4 Å². The summed E-state index contributed by atoms with van der Waals surface area (Å²) in [7, 11) is 3.54. The zero-order chi connectivity index (χ0) is 17.1. The molecule has 0 aliphatic carbocycles. The second kappa shape index (κ2) is 6.57. The third-order valence-electron chi connectivity index (χ3n) is 3.57. The molecule has 0 aliphatic rings. The van der Waals surface area contributed by atoms with Gasteiger partial charge in [-0.2, -0.15) is 4.98 Å². The smallest absolute Gasteiger partial charge is 0.354 e. The molecular formula is C17H18N4O3. The minimum atomic E-state index is -0.360. The molecule has 3 aromatic rings. The van der Waals surface area contributed by atoms with Crippen LogP contribution in [0.5, 0.6) is 11.6 Å². The fourth-order valence-corrected chi connectivity index (χ4v) is 2.49. The zero-order valence-corrected chi connectivity index (χ0v) is 13.7. The van der Waals surface area contributed by atoms with Gasteiger partial charge in [-0.1, -0.05) is 12.1 Å². The second-order valence-corrected chi connectivity index (χ2v) is 5.07. The highest BCUT2D eigenvalue weighted by atomic mass is 16.5. The lowest BCUT2D eigenvalue weighted by atomic mass is 10.2. The fraction of sp³-hybridized carbons (Fsp3) is 0.235. The minimum Gasteiger partial charge on any atom is -0.461 e. The first-order chi connectivity index (χ1) is 11.6. The number of hydrogen-bond acceptors (Lipinski definition) is 6. The monoisotopic (exact) mass is 326 g/mol. The zero-order valence-electron chi connectivity index (χ0n) is 13.7. The first kappa shape index (κ1) is 15.8. The summed E-state index contributed by atoms with van der Waals surface area (Å²) in [5.74, 6) is 1.13. The molecule has 0 radical (unpaired) electrons. The van der Waals surface area contributed by atoms with Gasteiger partial charge in [-0.25, -0.2) is 9.78 Å². The van der Waals surface area contributed by atoms with Crippen LogP contribution in [0, 0.1) is 0 Å². The topological polar surface area (TPSA) is 78.3 Å². The summed E-state index contributed by atoms with van der Waals surface area (Å²) >= 11 is 0. The van der Waals surface area contributed by atoms with Crippen molar-refractivity contribution in [3.8, 4) is 11.6 Å². The number of carbonyl (C=O) groups is 1. The molecule has 1 N–H and O–H groups in total. The standard InChI is InChI=1S/C17H18N4O3/c1-4-23-16(22)12-10-11-6-5-7-13(15(11)21(12)3)24-14-8-9-19-17(18-2)20-14/h5-10H,4H2,1-3H3,(H,18,19,20). The van der Waals surface area contributed by atoms with Crippen LogP contribution >= 0.6 is 0 Å². The number of para-hydroxylation sites is 1. The van der Waals surface area contributed by atoms with Crippen LogP contribution in [0.15, 0.2) is 36.5 Å². The predicted molar refractivity (Wildman–Crippen MR) is 90.5 cm³/mol. The molecule has 0 atom stereocenters. The number of nitrogens with zero attached hydrogens (tertiary/aromatic N) is 3. The first-order valence-corrected chi connectivity index (χ1v) is 7.58. The lowest BCUT2D eigenvalue weighted by Gasteiger charge is -2.09. The van der Waals surface area contributed by atoms with E-state index < -0.39 is 0 Å². The molecule has 2 heterocycles. The number of hydrogen-bond donors (Lipinski definition) is 1. The average Bonchev–Trinajstić information content (AvgIpc) is 2.93. The van der Waals surface area contributed by atoms with Crippen LogP contribution in [-0.4, -0.2) is 34.2 Å². The maximum absolute atomic E-state index is 12.1. The molecule has 124 valence electrons. The molecule has 3 rings (SSSR count). The summed E-state index contributed by atoms with van der Waals surface area (Å²) in [5, 5.41) is 3.76. The van der Waals surface area contributed by atoms with Crippen LogP contribution in [0.3, 0.4) is 0 Å². The van der Waals surface area contributed by atoms with Gasteiger partial charge in [0.2, 0.25) is 11.8 Å². The molecule has 0 aliphatic heterocycles. The summed E-state index contributed by atoms with van der Waals surface area (Å²) < 4.78 is 12.8. The molecule has 0 saturated heterocycles. The van der Waals surface area contributed by atoms with Crippen molar-refractivity contribution in [3.63, 3.8) is 0 Å². The van der Waals surface area contributed by atoms with E-state index in [4.69, 9.17) is 9.47 Å². The van der Waals surface area contributed by atoms with Crippen LogP contribution in [0.4, 0.5) is 5.95 Å². The Hall–Kier alpha value is -3.09. The molecule has 7 nitrogen and oxygen atoms in total. The molecule has 0 spiro atoms. The molecule has 0 bridgehead atoms. The SMILES string of the molecule is CCOC(=O)c1cc2cccc(Oc3ccnc(NC)n3)c2n1C. The summed E-state index contributed by atoms with van der Waals surface area (Å²) in [5.41, 5.74) is 1.27. The molecule has 0 fully saturated rings. The van der Waals surface area contributed by atoms with Gasteiger partial charge >= 0.3 is 5.97 Å². The third-order valence-corrected chi connectivity index (χ3v) is 3.57. The van der Waals surface area contributed by atoms with Crippen LogP contribution < -0.4 is 10.1 Å². The molecular weight excluding hydrogens is 308 g/mol. The maximum atomic E-state index is 12.1. The van der Waals surface area contributed by atoms with Gasteiger partial charge in [0.1, 0.15) is 5.69 Å². The molecule has 7 heteroatoms. The molecule has 0 unspecified atom stereocenters. The Morgan fingerprint density at radius 1 is 1.33 bits per heavy atom. The van der Waals surface area contributed by atoms with Crippen LogP contribution in [0.1, 0.15) is 17.4 Å². The molecule has 24 heavy (non-hydrogen) atoms. The van der Waals surface area contributed by atoms with Crippen molar-refractivity contribution in [2.45, 2.75) is 6.92 Å². The van der Waals surface area contributed by atoms with Crippen LogP contribution in [0.25, 0.3) is 10.9 Å². The number of nitrogens with one attached hydrogen (secondary N) is 1. The Morgan fingerprint density at radius 2 is 2.17 bits per heavy atom. The number of fused-ring (bicyclic) bond motifs is 1. The number of esters is 1. The minimum absolute atomic E-state index is 0.331. The van der Waals surface area contributed by atoms with Crippen molar-refractivity contribution in [1.29, 1.82) is 0 Å². The van der Waals surface area contributed by atoms with E-state index in [-0.39, 0.29) is 5.97 Å². The number of carbonyl (C=O) groups excluding carboxylic acids is 1. The highest BCUT2D eigenvalue weighted by Gasteiger charge is 2.17. The predicted octanol–water partition coefficient (Wildman–Crippen LogP) is 2.98. The Bertz CT molecular complexity index is 889. The van der Waals surface area contributed by atoms with Crippen molar-refractivity contribution >= 4 is 22.8 Å². The molecule has 1 aromatic carbocycles. The largest absolute Gasteiger partial charge is 0.461 e. The highest BCUT2D eigenvalue weighted by Crippen LogP contribution is 2.31. The Morgan fingerprint density at radius 3 is 2.92 bits per heavy atom. The number of aromatic nitrogens is 3. The first-order valence-electron chi connectivity index (χ1n) is 7.58. The van der Waals surface area contributed by atoms with E-state index in [0.29, 0.717) is 29.9 Å². The van der Waals surface area contributed by atoms with Gasteiger partial charge in [0.15, 0.2) is 5.75 Å². The lowest BCUT2D eigenvalue weighted by molar-refractivity contribution is 0.0516. The van der Waals surface area contributed by atoms with Gasteiger partial charge in [0, 0.05) is 31.7 Å². The van der Waals surface area contributed by atoms with Crippen molar-refractivity contribution in [1.82, 2.24) is 14.5 Å². The highest BCUT2D eigenvalue weighted by molar-refractivity contribution is 5.97. The Labute approximate surface area is 139 Å². The lowest BCUT2D eigenvalue weighted by Crippen LogP contribution is -2.09. The van der Waals surface area contributed by atoms with Gasteiger partial charge in [-0.15, -0.1) is 0 Å². The second-order valence-electron chi connectivity index (χ2n) is 5.07. The molecule has 0 saturated carbocycles.